The smallest absolute Gasteiger partial charge is 0.128 e. The monoisotopic (exact) mass is 248 g/mol. The molecular weight excluding hydrogens is 227 g/mol. The average Bonchev–Trinajstić information content (AvgIpc) is 2.93. The second-order valence-corrected chi connectivity index (χ2v) is 5.39. The minimum absolute atomic E-state index is 0.00806. The molecule has 2 saturated heterocycles. The van der Waals surface area contributed by atoms with Crippen molar-refractivity contribution in [2.24, 2.45) is 0 Å². The van der Waals surface area contributed by atoms with E-state index < -0.39 is 0 Å². The van der Waals surface area contributed by atoms with E-state index in [1.165, 1.54) is 12.8 Å². The molecule has 2 fully saturated rings. The zero-order valence-electron chi connectivity index (χ0n) is 10.8. The summed E-state index contributed by atoms with van der Waals surface area (Å²) in [6.07, 6.45) is 4.59. The van der Waals surface area contributed by atoms with Crippen LogP contribution in [0, 0.1) is 5.82 Å². The summed E-state index contributed by atoms with van der Waals surface area (Å²) in [6, 6.07) is 5.58. The number of nitrogens with zero attached hydrogens (tertiary/aromatic N) is 1. The Morgan fingerprint density at radius 1 is 1.11 bits per heavy atom. The molecule has 3 rings (SSSR count). The first-order valence-corrected chi connectivity index (χ1v) is 7.10. The lowest BCUT2D eigenvalue weighted by molar-refractivity contribution is 0.445. The number of hydrogen-bond donors (Lipinski definition) is 1. The van der Waals surface area contributed by atoms with Gasteiger partial charge in [0.25, 0.3) is 0 Å². The molecular formula is C15H21FN2. The van der Waals surface area contributed by atoms with Crippen LogP contribution in [0.15, 0.2) is 18.2 Å². The fourth-order valence-electron chi connectivity index (χ4n) is 3.27. The highest BCUT2D eigenvalue weighted by atomic mass is 19.1. The molecule has 0 aliphatic carbocycles. The summed E-state index contributed by atoms with van der Waals surface area (Å²) < 4.78 is 14.2. The molecule has 0 amide bonds. The number of benzene rings is 1. The van der Waals surface area contributed by atoms with Gasteiger partial charge in [0.15, 0.2) is 0 Å². The van der Waals surface area contributed by atoms with E-state index in [2.05, 4.69) is 16.3 Å². The lowest BCUT2D eigenvalue weighted by atomic mass is 9.88. The molecule has 3 heteroatoms. The Hall–Kier alpha value is -1.09. The normalized spacial score (nSPS) is 21.5. The maximum Gasteiger partial charge on any atom is 0.128 e. The summed E-state index contributed by atoms with van der Waals surface area (Å²) in [4.78, 5) is 2.36. The quantitative estimate of drug-likeness (QED) is 0.865. The summed E-state index contributed by atoms with van der Waals surface area (Å²) in [5.74, 6) is 0.384. The van der Waals surface area contributed by atoms with Gasteiger partial charge in [-0.15, -0.1) is 0 Å². The first-order valence-electron chi connectivity index (χ1n) is 7.10. The van der Waals surface area contributed by atoms with Gasteiger partial charge >= 0.3 is 0 Å². The van der Waals surface area contributed by atoms with Crippen molar-refractivity contribution in [2.45, 2.75) is 31.6 Å². The van der Waals surface area contributed by atoms with Crippen LogP contribution in [0.25, 0.3) is 0 Å². The summed E-state index contributed by atoms with van der Waals surface area (Å²) in [6.45, 7) is 4.19. The van der Waals surface area contributed by atoms with E-state index in [0.29, 0.717) is 5.92 Å². The topological polar surface area (TPSA) is 15.3 Å². The zero-order valence-corrected chi connectivity index (χ0v) is 10.8. The minimum Gasteiger partial charge on any atom is -0.371 e. The molecule has 0 spiro atoms. The highest BCUT2D eigenvalue weighted by molar-refractivity contribution is 5.56. The van der Waals surface area contributed by atoms with Crippen LogP contribution < -0.4 is 10.2 Å². The van der Waals surface area contributed by atoms with Crippen LogP contribution in [0.5, 0.6) is 0 Å². The van der Waals surface area contributed by atoms with E-state index in [-0.39, 0.29) is 5.82 Å². The molecule has 0 atom stereocenters. The van der Waals surface area contributed by atoms with Gasteiger partial charge in [0.1, 0.15) is 5.82 Å². The maximum absolute atomic E-state index is 14.2. The van der Waals surface area contributed by atoms with Gasteiger partial charge in [-0.05, 0) is 56.8 Å². The van der Waals surface area contributed by atoms with Gasteiger partial charge in [-0.25, -0.2) is 4.39 Å². The first kappa shape index (κ1) is 12.0. The van der Waals surface area contributed by atoms with Crippen LogP contribution in [-0.4, -0.2) is 26.2 Å². The molecule has 1 aromatic carbocycles. The standard InChI is InChI=1S/C15H21FN2/c16-13-4-3-5-14(18-10-1-2-11-18)15(13)12-6-8-17-9-7-12/h3-5,12,17H,1-2,6-11H2. The van der Waals surface area contributed by atoms with Gasteiger partial charge in [-0.2, -0.15) is 0 Å². The van der Waals surface area contributed by atoms with E-state index in [1.807, 2.05) is 6.07 Å². The van der Waals surface area contributed by atoms with Crippen molar-refractivity contribution >= 4 is 5.69 Å². The summed E-state index contributed by atoms with van der Waals surface area (Å²) >= 11 is 0. The largest absolute Gasteiger partial charge is 0.371 e. The molecule has 0 aromatic heterocycles. The van der Waals surface area contributed by atoms with Crippen molar-refractivity contribution in [1.29, 1.82) is 0 Å². The van der Waals surface area contributed by atoms with Crippen molar-refractivity contribution < 1.29 is 4.39 Å². The fourth-order valence-corrected chi connectivity index (χ4v) is 3.27. The lowest BCUT2D eigenvalue weighted by Crippen LogP contribution is -2.29. The van der Waals surface area contributed by atoms with Gasteiger partial charge in [-0.1, -0.05) is 6.07 Å². The molecule has 0 bridgehead atoms. The van der Waals surface area contributed by atoms with Crippen LogP contribution in [0.2, 0.25) is 0 Å². The van der Waals surface area contributed by atoms with Crippen LogP contribution in [0.3, 0.4) is 0 Å². The number of hydrogen-bond acceptors (Lipinski definition) is 2. The summed E-state index contributed by atoms with van der Waals surface area (Å²) in [5, 5.41) is 3.36. The third-order valence-corrected chi connectivity index (χ3v) is 4.22. The molecule has 2 nitrogen and oxygen atoms in total. The van der Waals surface area contributed by atoms with Crippen LogP contribution >= 0.6 is 0 Å². The molecule has 2 aliphatic heterocycles. The Kier molecular flexibility index (Phi) is 3.50. The second kappa shape index (κ2) is 5.27. The highest BCUT2D eigenvalue weighted by Crippen LogP contribution is 2.36. The van der Waals surface area contributed by atoms with Gasteiger partial charge in [0, 0.05) is 24.3 Å². The molecule has 1 aromatic rings. The number of rotatable bonds is 2. The Morgan fingerprint density at radius 2 is 1.83 bits per heavy atom. The number of halogens is 1. The van der Waals surface area contributed by atoms with E-state index >= 15 is 0 Å². The Morgan fingerprint density at radius 3 is 2.56 bits per heavy atom. The van der Waals surface area contributed by atoms with E-state index in [1.54, 1.807) is 6.07 Å². The van der Waals surface area contributed by atoms with Gasteiger partial charge in [0.05, 0.1) is 0 Å². The average molecular weight is 248 g/mol. The molecule has 0 radical (unpaired) electrons. The van der Waals surface area contributed by atoms with Crippen molar-refractivity contribution in [1.82, 2.24) is 5.32 Å². The molecule has 0 saturated carbocycles. The molecule has 2 aliphatic rings. The second-order valence-electron chi connectivity index (χ2n) is 5.39. The molecule has 0 unspecified atom stereocenters. The van der Waals surface area contributed by atoms with Gasteiger partial charge < -0.3 is 10.2 Å². The van der Waals surface area contributed by atoms with E-state index in [4.69, 9.17) is 0 Å². The fraction of sp³-hybridized carbons (Fsp3) is 0.600. The van der Waals surface area contributed by atoms with Gasteiger partial charge in [-0.3, -0.25) is 0 Å². The lowest BCUT2D eigenvalue weighted by Gasteiger charge is -2.29. The van der Waals surface area contributed by atoms with Crippen molar-refractivity contribution in [3.63, 3.8) is 0 Å². The first-order chi connectivity index (χ1) is 8.86. The maximum atomic E-state index is 14.2. The van der Waals surface area contributed by atoms with Crippen LogP contribution in [-0.2, 0) is 0 Å². The Balaban J connectivity index is 1.94. The Labute approximate surface area is 108 Å². The zero-order chi connectivity index (χ0) is 12.4. The molecule has 1 N–H and O–H groups in total. The van der Waals surface area contributed by atoms with E-state index in [9.17, 15) is 4.39 Å². The van der Waals surface area contributed by atoms with E-state index in [0.717, 1.165) is 50.3 Å². The SMILES string of the molecule is Fc1cccc(N2CCCC2)c1C1CCNCC1. The third kappa shape index (κ3) is 2.24. The Bertz CT molecular complexity index is 407. The summed E-state index contributed by atoms with van der Waals surface area (Å²) in [7, 11) is 0. The summed E-state index contributed by atoms with van der Waals surface area (Å²) in [5.41, 5.74) is 2.13. The highest BCUT2D eigenvalue weighted by Gasteiger charge is 2.25. The minimum atomic E-state index is -0.00806. The number of nitrogens with one attached hydrogen (secondary N) is 1. The van der Waals surface area contributed by atoms with Crippen LogP contribution in [0.4, 0.5) is 10.1 Å². The predicted molar refractivity (Wildman–Crippen MR) is 72.7 cm³/mol. The molecule has 2 heterocycles. The number of anilines is 1. The van der Waals surface area contributed by atoms with Crippen molar-refractivity contribution in [3.8, 4) is 0 Å². The van der Waals surface area contributed by atoms with Gasteiger partial charge in [0.2, 0.25) is 0 Å². The molecule has 18 heavy (non-hydrogen) atoms. The molecule has 98 valence electrons. The third-order valence-electron chi connectivity index (χ3n) is 4.22. The predicted octanol–water partition coefficient (Wildman–Crippen LogP) is 2.89. The van der Waals surface area contributed by atoms with Crippen LogP contribution in [0.1, 0.15) is 37.2 Å². The number of piperidine rings is 1. The van der Waals surface area contributed by atoms with Crippen molar-refractivity contribution in [3.05, 3.63) is 29.6 Å². The van der Waals surface area contributed by atoms with Crippen molar-refractivity contribution in [2.75, 3.05) is 31.1 Å².